The zero-order chi connectivity index (χ0) is 35.4. The highest BCUT2D eigenvalue weighted by Crippen LogP contribution is 2.45. The number of ether oxygens (including phenoxy) is 2. The lowest BCUT2D eigenvalue weighted by molar-refractivity contribution is -0.140. The summed E-state index contributed by atoms with van der Waals surface area (Å²) >= 11 is 0. The highest BCUT2D eigenvalue weighted by atomic mass is 28.4. The molecule has 2 saturated carbocycles. The number of fused-ring (bicyclic) bond motifs is 1. The van der Waals surface area contributed by atoms with Crippen molar-refractivity contribution in [2.45, 2.75) is 89.3 Å². The molecule has 4 heterocycles. The summed E-state index contributed by atoms with van der Waals surface area (Å²) in [6.45, 7) is 11.8. The van der Waals surface area contributed by atoms with Gasteiger partial charge in [0, 0.05) is 35.5 Å². The molecule has 0 radical (unpaired) electrons. The van der Waals surface area contributed by atoms with Crippen molar-refractivity contribution in [3.05, 3.63) is 60.1 Å². The quantitative estimate of drug-likeness (QED) is 0.0946. The maximum absolute atomic E-state index is 13.7. The summed E-state index contributed by atoms with van der Waals surface area (Å²) in [6, 6.07) is 5.40. The molecule has 2 aliphatic carbocycles. The molecule has 15 heteroatoms. The first kappa shape index (κ1) is 34.1. The van der Waals surface area contributed by atoms with Crippen LogP contribution in [0, 0.1) is 0 Å². The number of hydrogen-bond donors (Lipinski definition) is 0. The molecule has 0 spiro atoms. The van der Waals surface area contributed by atoms with Crippen LogP contribution >= 0.6 is 0 Å². The molecule has 5 aromatic rings. The number of aromatic nitrogens is 8. The van der Waals surface area contributed by atoms with Crippen molar-refractivity contribution in [3.63, 3.8) is 0 Å². The fourth-order valence-corrected chi connectivity index (χ4v) is 6.70. The van der Waals surface area contributed by atoms with Gasteiger partial charge in [0.25, 0.3) is 0 Å². The van der Waals surface area contributed by atoms with E-state index in [2.05, 4.69) is 58.9 Å². The third-order valence-electron chi connectivity index (χ3n) is 9.82. The zero-order valence-electron chi connectivity index (χ0n) is 29.1. The van der Waals surface area contributed by atoms with Crippen molar-refractivity contribution in [3.8, 4) is 34.4 Å². The van der Waals surface area contributed by atoms with Crippen LogP contribution in [0.15, 0.2) is 43.1 Å². The Morgan fingerprint density at radius 3 is 2.42 bits per heavy atom. The Kier molecular flexibility index (Phi) is 8.69. The van der Waals surface area contributed by atoms with Crippen LogP contribution in [0.5, 0.6) is 11.6 Å². The Morgan fingerprint density at radius 1 is 0.960 bits per heavy atom. The molecule has 7 rings (SSSR count). The Hall–Kier alpha value is -4.37. The largest absolute Gasteiger partial charge is 0.491 e. The molecule has 1 aromatic carbocycles. The van der Waals surface area contributed by atoms with Crippen molar-refractivity contribution in [2.75, 3.05) is 20.3 Å². The number of rotatable bonds is 12. The summed E-state index contributed by atoms with van der Waals surface area (Å²) in [6.07, 6.45) is 5.18. The summed E-state index contributed by atoms with van der Waals surface area (Å²) in [5.74, 6) is 1.94. The first-order chi connectivity index (χ1) is 23.7. The van der Waals surface area contributed by atoms with Crippen molar-refractivity contribution in [1.82, 2.24) is 39.3 Å². The van der Waals surface area contributed by atoms with Gasteiger partial charge in [-0.2, -0.15) is 18.3 Å². The maximum Gasteiger partial charge on any atom is 0.434 e. The molecular formula is C35H41F3N8O3Si. The van der Waals surface area contributed by atoms with E-state index in [0.29, 0.717) is 46.8 Å². The molecule has 4 aromatic heterocycles. The van der Waals surface area contributed by atoms with E-state index in [1.807, 2.05) is 6.07 Å². The van der Waals surface area contributed by atoms with Gasteiger partial charge in [0.1, 0.15) is 30.1 Å². The molecule has 0 aliphatic heterocycles. The van der Waals surface area contributed by atoms with E-state index < -0.39 is 20.2 Å². The molecule has 0 N–H and O–H groups in total. The fourth-order valence-electron chi connectivity index (χ4n) is 5.68. The molecule has 11 nitrogen and oxygen atoms in total. The molecule has 2 aliphatic rings. The van der Waals surface area contributed by atoms with Gasteiger partial charge in [0.15, 0.2) is 25.5 Å². The van der Waals surface area contributed by atoms with Gasteiger partial charge in [0.05, 0.1) is 37.5 Å². The average Bonchev–Trinajstić information content (AvgIpc) is 4.01. The van der Waals surface area contributed by atoms with Gasteiger partial charge in [-0.3, -0.25) is 0 Å². The number of imidazole rings is 1. The van der Waals surface area contributed by atoms with E-state index in [-0.39, 0.29) is 30.1 Å². The summed E-state index contributed by atoms with van der Waals surface area (Å²) in [5.41, 5.74) is 2.54. The molecule has 0 bridgehead atoms. The standard InChI is InChI=1S/C35H41F3N8O3Si/c1-34(2,3)50(5,6)49-14-13-48-26-15-22(31-43-27(35(36,37)38)19-45(31)25-11-12-25)9-10-23(26)18-46-32-24(17-42-46)16-39-30(44-32)28-29(21-7-8-21)40-20-41-33(28)47-4/h9-10,15-17,19-21,25H,7-8,11-14,18H2,1-6H3. The van der Waals surface area contributed by atoms with Crippen LogP contribution < -0.4 is 9.47 Å². The van der Waals surface area contributed by atoms with Gasteiger partial charge in [-0.15, -0.1) is 0 Å². The number of hydrogen-bond acceptors (Lipinski definition) is 9. The average molecular weight is 707 g/mol. The Balaban J connectivity index is 1.23. The van der Waals surface area contributed by atoms with E-state index in [1.54, 1.807) is 40.9 Å². The van der Waals surface area contributed by atoms with E-state index in [0.717, 1.165) is 48.5 Å². The van der Waals surface area contributed by atoms with Gasteiger partial charge in [0.2, 0.25) is 5.88 Å². The Labute approximate surface area is 289 Å². The minimum Gasteiger partial charge on any atom is -0.491 e. The first-order valence-electron chi connectivity index (χ1n) is 16.9. The molecule has 50 heavy (non-hydrogen) atoms. The normalized spacial score (nSPS) is 15.5. The second kappa shape index (κ2) is 12.7. The summed E-state index contributed by atoms with van der Waals surface area (Å²) in [7, 11) is -0.460. The number of benzene rings is 1. The van der Waals surface area contributed by atoms with E-state index in [4.69, 9.17) is 18.9 Å². The van der Waals surface area contributed by atoms with Crippen LogP contribution in [0.3, 0.4) is 0 Å². The number of nitrogens with zero attached hydrogens (tertiary/aromatic N) is 8. The predicted octanol–water partition coefficient (Wildman–Crippen LogP) is 7.84. The van der Waals surface area contributed by atoms with Crippen LogP contribution in [0.2, 0.25) is 18.1 Å². The lowest BCUT2D eigenvalue weighted by atomic mass is 10.1. The van der Waals surface area contributed by atoms with Crippen molar-refractivity contribution in [2.24, 2.45) is 0 Å². The van der Waals surface area contributed by atoms with Crippen molar-refractivity contribution >= 4 is 19.4 Å². The van der Waals surface area contributed by atoms with E-state index in [9.17, 15) is 13.2 Å². The molecular weight excluding hydrogens is 666 g/mol. The fraction of sp³-hybridized carbons (Fsp3) is 0.486. The lowest BCUT2D eigenvalue weighted by Gasteiger charge is -2.36. The number of alkyl halides is 3. The minimum absolute atomic E-state index is 0.00554. The zero-order valence-corrected chi connectivity index (χ0v) is 30.1. The van der Waals surface area contributed by atoms with Crippen molar-refractivity contribution in [1.29, 1.82) is 0 Å². The molecule has 0 amide bonds. The van der Waals surface area contributed by atoms with Crippen LogP contribution in [0.25, 0.3) is 33.8 Å². The summed E-state index contributed by atoms with van der Waals surface area (Å²) in [4.78, 5) is 22.4. The Bertz CT molecular complexity index is 2030. The topological polar surface area (TPSA) is 115 Å². The molecule has 2 fully saturated rings. The maximum atomic E-state index is 13.7. The highest BCUT2D eigenvalue weighted by molar-refractivity contribution is 6.74. The number of methoxy groups -OCH3 is 1. The van der Waals surface area contributed by atoms with Gasteiger partial charge in [-0.05, 0) is 49.9 Å². The third kappa shape index (κ3) is 6.84. The highest BCUT2D eigenvalue weighted by Gasteiger charge is 2.38. The van der Waals surface area contributed by atoms with Crippen LogP contribution in [-0.2, 0) is 17.1 Å². The first-order valence-corrected chi connectivity index (χ1v) is 19.8. The second-order valence-electron chi connectivity index (χ2n) is 14.6. The minimum atomic E-state index is -4.55. The molecule has 264 valence electrons. The smallest absolute Gasteiger partial charge is 0.434 e. The number of halogens is 3. The van der Waals surface area contributed by atoms with Crippen LogP contribution in [0.1, 0.15) is 75.4 Å². The molecule has 0 atom stereocenters. The van der Waals surface area contributed by atoms with E-state index in [1.165, 1.54) is 6.33 Å². The Morgan fingerprint density at radius 2 is 1.74 bits per heavy atom. The summed E-state index contributed by atoms with van der Waals surface area (Å²) < 4.78 is 62.9. The monoisotopic (exact) mass is 706 g/mol. The summed E-state index contributed by atoms with van der Waals surface area (Å²) in [5, 5.41) is 5.40. The second-order valence-corrected chi connectivity index (χ2v) is 19.4. The van der Waals surface area contributed by atoms with Crippen molar-refractivity contribution < 1.29 is 27.1 Å². The predicted molar refractivity (Wildman–Crippen MR) is 184 cm³/mol. The van der Waals surface area contributed by atoms with Crippen LogP contribution in [0.4, 0.5) is 13.2 Å². The van der Waals surface area contributed by atoms with Gasteiger partial charge < -0.3 is 18.5 Å². The van der Waals surface area contributed by atoms with Gasteiger partial charge in [-0.25, -0.2) is 29.6 Å². The molecule has 0 saturated heterocycles. The van der Waals surface area contributed by atoms with Gasteiger partial charge >= 0.3 is 6.18 Å². The van der Waals surface area contributed by atoms with Crippen LogP contribution in [-0.4, -0.2) is 67.9 Å². The SMILES string of the molecule is COc1ncnc(C2CC2)c1-c1ncc2cnn(Cc3ccc(-c4nc(C(F)(F)F)cn4C4CC4)cc3OCCO[Si](C)(C)C(C)(C)C)c2n1. The lowest BCUT2D eigenvalue weighted by Crippen LogP contribution is -2.41. The van der Waals surface area contributed by atoms with E-state index >= 15 is 0 Å². The third-order valence-corrected chi connectivity index (χ3v) is 14.4. The molecule has 0 unspecified atom stereocenters. The van der Waals surface area contributed by atoms with Gasteiger partial charge in [-0.1, -0.05) is 32.9 Å².